The fourth-order valence-corrected chi connectivity index (χ4v) is 3.46. The van der Waals surface area contributed by atoms with Gasteiger partial charge in [0.2, 0.25) is 5.13 Å². The molecular weight excluding hydrogens is 354 g/mol. The fourth-order valence-electron chi connectivity index (χ4n) is 2.79. The minimum Gasteiger partial charge on any atom is -0.875 e. The summed E-state index contributed by atoms with van der Waals surface area (Å²) < 4.78 is 0. The Balaban J connectivity index is 1.82. The molecule has 0 saturated carbocycles. The highest BCUT2D eigenvalue weighted by molar-refractivity contribution is 7.13. The molecule has 1 aromatic heterocycles. The van der Waals surface area contributed by atoms with Gasteiger partial charge >= 0.3 is 0 Å². The van der Waals surface area contributed by atoms with Gasteiger partial charge in [0.1, 0.15) is 0 Å². The summed E-state index contributed by atoms with van der Waals surface area (Å²) in [5.41, 5.74) is 1.32. The van der Waals surface area contributed by atoms with Gasteiger partial charge in [0.15, 0.2) is 5.78 Å². The first-order valence-corrected chi connectivity index (χ1v) is 8.84. The molecule has 0 bridgehead atoms. The highest BCUT2D eigenvalue weighted by Crippen LogP contribution is 2.34. The number of hydrogen-bond acceptors (Lipinski definition) is 8. The van der Waals surface area contributed by atoms with Crippen LogP contribution in [0, 0.1) is 5.41 Å². The number of carbonyl (C=O) groups excluding carboxylic acids is 1. The first kappa shape index (κ1) is 18.2. The highest BCUT2D eigenvalue weighted by Gasteiger charge is 2.28. The Morgan fingerprint density at radius 3 is 2.81 bits per heavy atom. The number of anilines is 1. The lowest BCUT2D eigenvalue weighted by Crippen LogP contribution is -2.30. The number of thiazole rings is 1. The molecule has 1 aliphatic rings. The standard InChI is InChI=1S/C18H19N3O4S/c1-18(2)7-15(22)13(16(23)8-18)9-19-17-20-14(10-26-17)11-4-3-5-12(6-11)21(24)25/h3-6,9-10,22,24-25H,7-8H2,1-2H3/p-1/b19-9+. The fraction of sp³-hybridized carbons (Fsp3) is 0.278. The minimum atomic E-state index is -0.307. The second kappa shape index (κ2) is 6.99. The quantitative estimate of drug-likeness (QED) is 0.630. The van der Waals surface area contributed by atoms with Crippen LogP contribution in [0.5, 0.6) is 0 Å². The predicted molar refractivity (Wildman–Crippen MR) is 96.8 cm³/mol. The van der Waals surface area contributed by atoms with Gasteiger partial charge in [-0.15, -0.1) is 22.3 Å². The molecule has 1 heterocycles. The van der Waals surface area contributed by atoms with Crippen molar-refractivity contribution in [3.05, 3.63) is 41.0 Å². The SMILES string of the molecule is CC1(C)CC(=O)C(/C=N/c2nc(-c3cccc(N(O)O)c3)cs2)=C([O-])C1. The predicted octanol–water partition coefficient (Wildman–Crippen LogP) is 3.10. The van der Waals surface area contributed by atoms with E-state index < -0.39 is 0 Å². The van der Waals surface area contributed by atoms with E-state index in [0.717, 1.165) is 0 Å². The zero-order chi connectivity index (χ0) is 18.9. The van der Waals surface area contributed by atoms with Crippen molar-refractivity contribution in [1.29, 1.82) is 0 Å². The monoisotopic (exact) mass is 372 g/mol. The molecule has 2 aromatic rings. The lowest BCUT2D eigenvalue weighted by Gasteiger charge is -2.33. The van der Waals surface area contributed by atoms with E-state index in [9.17, 15) is 9.90 Å². The molecule has 0 atom stereocenters. The Labute approximate surface area is 154 Å². The van der Waals surface area contributed by atoms with Gasteiger partial charge in [-0.3, -0.25) is 15.2 Å². The largest absolute Gasteiger partial charge is 0.875 e. The molecule has 0 amide bonds. The molecule has 2 N–H and O–H groups in total. The molecule has 26 heavy (non-hydrogen) atoms. The summed E-state index contributed by atoms with van der Waals surface area (Å²) in [5.74, 6) is -0.379. The van der Waals surface area contributed by atoms with Gasteiger partial charge in [-0.2, -0.15) is 0 Å². The Kier molecular flexibility index (Phi) is 4.90. The van der Waals surface area contributed by atoms with Crippen LogP contribution in [-0.2, 0) is 4.79 Å². The minimum absolute atomic E-state index is 0.0351. The van der Waals surface area contributed by atoms with Crippen LogP contribution in [-0.4, -0.2) is 27.4 Å². The molecule has 7 nitrogen and oxygen atoms in total. The zero-order valence-corrected chi connectivity index (χ0v) is 15.2. The highest BCUT2D eigenvalue weighted by atomic mass is 32.1. The summed E-state index contributed by atoms with van der Waals surface area (Å²) in [7, 11) is 0. The van der Waals surface area contributed by atoms with Crippen molar-refractivity contribution < 1.29 is 20.3 Å². The van der Waals surface area contributed by atoms with Crippen LogP contribution >= 0.6 is 11.3 Å². The summed E-state index contributed by atoms with van der Waals surface area (Å²) in [6, 6.07) is 6.55. The third-order valence-electron chi connectivity index (χ3n) is 4.05. The Bertz CT molecular complexity index is 899. The topological polar surface area (TPSA) is 109 Å². The number of ketones is 1. The van der Waals surface area contributed by atoms with E-state index in [1.165, 1.54) is 23.6 Å². The van der Waals surface area contributed by atoms with E-state index in [2.05, 4.69) is 9.98 Å². The maximum Gasteiger partial charge on any atom is 0.209 e. The molecule has 1 aromatic carbocycles. The number of nitrogens with zero attached hydrogens (tertiary/aromatic N) is 3. The van der Waals surface area contributed by atoms with E-state index in [1.807, 2.05) is 13.8 Å². The summed E-state index contributed by atoms with van der Waals surface area (Å²) in [6.07, 6.45) is 1.96. The second-order valence-electron chi connectivity index (χ2n) is 6.89. The molecule has 0 spiro atoms. The third-order valence-corrected chi connectivity index (χ3v) is 4.80. The number of allylic oxidation sites excluding steroid dienone is 2. The lowest BCUT2D eigenvalue weighted by atomic mass is 9.77. The van der Waals surface area contributed by atoms with Gasteiger partial charge in [-0.1, -0.05) is 26.0 Å². The zero-order valence-electron chi connectivity index (χ0n) is 14.3. The van der Waals surface area contributed by atoms with Gasteiger partial charge in [0, 0.05) is 29.2 Å². The Hall–Kier alpha value is -2.55. The molecule has 3 rings (SSSR count). The van der Waals surface area contributed by atoms with Crippen molar-refractivity contribution in [2.45, 2.75) is 26.7 Å². The van der Waals surface area contributed by atoms with E-state index in [1.54, 1.807) is 23.6 Å². The Morgan fingerprint density at radius 2 is 2.12 bits per heavy atom. The van der Waals surface area contributed by atoms with Gasteiger partial charge in [0.25, 0.3) is 0 Å². The number of benzene rings is 1. The first-order valence-electron chi connectivity index (χ1n) is 7.96. The van der Waals surface area contributed by atoms with Crippen LogP contribution < -0.4 is 10.3 Å². The first-order chi connectivity index (χ1) is 12.2. The van der Waals surface area contributed by atoms with Crippen molar-refractivity contribution in [3.8, 4) is 11.3 Å². The summed E-state index contributed by atoms with van der Waals surface area (Å²) >= 11 is 1.27. The number of hydrogen-bond donors (Lipinski definition) is 2. The lowest BCUT2D eigenvalue weighted by molar-refractivity contribution is -0.311. The van der Waals surface area contributed by atoms with Crippen LogP contribution in [0.3, 0.4) is 0 Å². The number of aromatic nitrogens is 1. The van der Waals surface area contributed by atoms with Crippen molar-refractivity contribution >= 4 is 34.2 Å². The van der Waals surface area contributed by atoms with Crippen molar-refractivity contribution in [2.24, 2.45) is 10.4 Å². The van der Waals surface area contributed by atoms with Gasteiger partial charge in [-0.25, -0.2) is 9.98 Å². The van der Waals surface area contributed by atoms with Crippen molar-refractivity contribution in [3.63, 3.8) is 0 Å². The number of Topliss-reactive ketones (excluding diaryl/α,β-unsaturated/α-hetero) is 1. The normalized spacial score (nSPS) is 17.2. The molecule has 0 saturated heterocycles. The van der Waals surface area contributed by atoms with E-state index in [-0.39, 0.29) is 33.4 Å². The summed E-state index contributed by atoms with van der Waals surface area (Å²) in [6.45, 7) is 3.80. The third kappa shape index (κ3) is 3.98. The molecule has 0 radical (unpaired) electrons. The summed E-state index contributed by atoms with van der Waals surface area (Å²) in [5, 5.41) is 32.6. The van der Waals surface area contributed by atoms with Gasteiger partial charge in [-0.05, 0) is 24.0 Å². The number of rotatable bonds is 4. The van der Waals surface area contributed by atoms with E-state index >= 15 is 0 Å². The number of aliphatic imine (C=N–C) groups is 1. The van der Waals surface area contributed by atoms with Crippen LogP contribution in [0.15, 0.2) is 46.0 Å². The smallest absolute Gasteiger partial charge is 0.209 e. The van der Waals surface area contributed by atoms with Crippen LogP contribution in [0.2, 0.25) is 0 Å². The average Bonchev–Trinajstić information content (AvgIpc) is 3.02. The van der Waals surface area contributed by atoms with Crippen LogP contribution in [0.1, 0.15) is 26.7 Å². The summed E-state index contributed by atoms with van der Waals surface area (Å²) in [4.78, 5) is 20.7. The van der Waals surface area contributed by atoms with Crippen molar-refractivity contribution in [1.82, 2.24) is 4.98 Å². The van der Waals surface area contributed by atoms with Crippen LogP contribution in [0.4, 0.5) is 10.8 Å². The molecule has 1 aliphatic carbocycles. The molecule has 0 fully saturated rings. The van der Waals surface area contributed by atoms with E-state index in [4.69, 9.17) is 10.4 Å². The molecule has 0 aliphatic heterocycles. The maximum atomic E-state index is 12.2. The number of carbonyl (C=O) groups is 1. The van der Waals surface area contributed by atoms with Gasteiger partial charge in [0.05, 0.1) is 11.4 Å². The van der Waals surface area contributed by atoms with E-state index in [0.29, 0.717) is 29.2 Å². The Morgan fingerprint density at radius 1 is 1.35 bits per heavy atom. The molecule has 0 unspecified atom stereocenters. The molecular formula is C18H18N3O4S-. The average molecular weight is 372 g/mol. The van der Waals surface area contributed by atoms with Crippen LogP contribution in [0.25, 0.3) is 11.3 Å². The van der Waals surface area contributed by atoms with Crippen molar-refractivity contribution in [2.75, 3.05) is 5.23 Å². The van der Waals surface area contributed by atoms with Gasteiger partial charge < -0.3 is 5.11 Å². The maximum absolute atomic E-state index is 12.2. The molecule has 8 heteroatoms. The second-order valence-corrected chi connectivity index (χ2v) is 7.73. The molecule has 136 valence electrons.